The highest BCUT2D eigenvalue weighted by molar-refractivity contribution is 4.75. The number of ether oxygens (including phenoxy) is 2. The van der Waals surface area contributed by atoms with Gasteiger partial charge in [-0.05, 0) is 39.7 Å². The first-order chi connectivity index (χ1) is 9.64. The summed E-state index contributed by atoms with van der Waals surface area (Å²) in [4.78, 5) is 0. The van der Waals surface area contributed by atoms with Gasteiger partial charge < -0.3 is 14.8 Å². The molecule has 21 heavy (non-hydrogen) atoms. The summed E-state index contributed by atoms with van der Waals surface area (Å²) < 4.78 is 59.7. The van der Waals surface area contributed by atoms with Crippen LogP contribution in [0.2, 0.25) is 0 Å². The zero-order valence-electron chi connectivity index (χ0n) is 13.2. The fourth-order valence-corrected chi connectivity index (χ4v) is 1.62. The van der Waals surface area contributed by atoms with E-state index in [2.05, 4.69) is 5.32 Å². The van der Waals surface area contributed by atoms with Gasteiger partial charge in [0.05, 0.1) is 12.2 Å². The van der Waals surface area contributed by atoms with Gasteiger partial charge in [0.1, 0.15) is 6.61 Å². The first-order valence-corrected chi connectivity index (χ1v) is 7.17. The van der Waals surface area contributed by atoms with E-state index in [1.165, 1.54) is 0 Å². The van der Waals surface area contributed by atoms with E-state index < -0.39 is 19.0 Å². The van der Waals surface area contributed by atoms with E-state index in [1.54, 1.807) is 7.11 Å². The summed E-state index contributed by atoms with van der Waals surface area (Å²) in [5, 5.41) is 3.17. The summed E-state index contributed by atoms with van der Waals surface area (Å²) in [6.07, 6.45) is -1.45. The van der Waals surface area contributed by atoms with E-state index in [4.69, 9.17) is 9.47 Å². The van der Waals surface area contributed by atoms with Crippen LogP contribution in [0.1, 0.15) is 40.0 Å². The molecule has 0 aromatic heterocycles. The van der Waals surface area contributed by atoms with Gasteiger partial charge >= 0.3 is 12.3 Å². The smallest absolute Gasteiger partial charge is 0.330 e. The molecule has 0 rings (SSSR count). The van der Waals surface area contributed by atoms with Crippen LogP contribution in [0.3, 0.4) is 0 Å². The number of halogens is 4. The second kappa shape index (κ2) is 9.58. The van der Waals surface area contributed by atoms with E-state index in [0.717, 1.165) is 6.42 Å². The average molecular weight is 317 g/mol. The van der Waals surface area contributed by atoms with Crippen molar-refractivity contribution >= 4 is 0 Å². The number of rotatable bonds is 12. The van der Waals surface area contributed by atoms with Crippen LogP contribution in [0.5, 0.6) is 0 Å². The molecule has 0 aliphatic rings. The topological polar surface area (TPSA) is 30.5 Å². The third kappa shape index (κ3) is 9.26. The minimum absolute atomic E-state index is 0.0257. The Morgan fingerprint density at radius 1 is 1.19 bits per heavy atom. The fourth-order valence-electron chi connectivity index (χ4n) is 1.62. The molecular weight excluding hydrogens is 290 g/mol. The maximum Gasteiger partial charge on any atom is 0.330 e. The monoisotopic (exact) mass is 317 g/mol. The van der Waals surface area contributed by atoms with Gasteiger partial charge in [-0.3, -0.25) is 0 Å². The molecule has 0 amide bonds. The molecule has 0 heterocycles. The molecule has 1 N–H and O–H groups in total. The molecule has 0 saturated heterocycles. The van der Waals surface area contributed by atoms with Crippen molar-refractivity contribution < 1.29 is 27.0 Å². The summed E-state index contributed by atoms with van der Waals surface area (Å²) >= 11 is 0. The van der Waals surface area contributed by atoms with Crippen molar-refractivity contribution in [2.75, 3.05) is 26.9 Å². The van der Waals surface area contributed by atoms with Crippen LogP contribution in [0.25, 0.3) is 0 Å². The second-order valence-corrected chi connectivity index (χ2v) is 5.73. The summed E-state index contributed by atoms with van der Waals surface area (Å²) in [5.41, 5.74) is -0.320. The van der Waals surface area contributed by atoms with Gasteiger partial charge in [-0.2, -0.15) is 8.78 Å². The molecule has 1 unspecified atom stereocenters. The zero-order valence-corrected chi connectivity index (χ0v) is 13.2. The van der Waals surface area contributed by atoms with Crippen molar-refractivity contribution in [3.8, 4) is 0 Å². The summed E-state index contributed by atoms with van der Waals surface area (Å²) in [6.45, 7) is 5.26. The molecule has 7 heteroatoms. The summed E-state index contributed by atoms with van der Waals surface area (Å²) in [6, 6.07) is -0.159. The SMILES string of the molecule is CCCNC(CCC(C)(C)OC)COCC(F)(F)C(F)F. The molecule has 0 radical (unpaired) electrons. The normalized spacial score (nSPS) is 14.7. The average Bonchev–Trinajstić information content (AvgIpc) is 2.41. The van der Waals surface area contributed by atoms with Gasteiger partial charge in [0.15, 0.2) is 0 Å². The van der Waals surface area contributed by atoms with Crippen LogP contribution in [0, 0.1) is 0 Å². The lowest BCUT2D eigenvalue weighted by atomic mass is 9.99. The molecule has 128 valence electrons. The predicted molar refractivity (Wildman–Crippen MR) is 74.2 cm³/mol. The minimum Gasteiger partial charge on any atom is -0.379 e. The van der Waals surface area contributed by atoms with Gasteiger partial charge in [-0.1, -0.05) is 6.92 Å². The predicted octanol–water partition coefficient (Wildman–Crippen LogP) is 3.48. The Hall–Kier alpha value is -0.400. The number of hydrogen-bond acceptors (Lipinski definition) is 3. The molecule has 0 fully saturated rings. The highest BCUT2D eigenvalue weighted by atomic mass is 19.3. The maximum absolute atomic E-state index is 12.8. The first kappa shape index (κ1) is 20.6. The standard InChI is InChI=1S/C14H27F4NO2/c1-5-8-19-11(6-7-13(2,3)20-4)9-21-10-14(17,18)12(15)16/h11-12,19H,5-10H2,1-4H3. The van der Waals surface area contributed by atoms with Crippen molar-refractivity contribution in [3.05, 3.63) is 0 Å². The molecule has 0 aliphatic heterocycles. The molecule has 0 aromatic carbocycles. The second-order valence-electron chi connectivity index (χ2n) is 5.73. The van der Waals surface area contributed by atoms with Gasteiger partial charge in [0.25, 0.3) is 0 Å². The Morgan fingerprint density at radius 2 is 1.81 bits per heavy atom. The molecule has 0 saturated carbocycles. The summed E-state index contributed by atoms with van der Waals surface area (Å²) in [7, 11) is 1.61. The van der Waals surface area contributed by atoms with E-state index in [1.807, 2.05) is 20.8 Å². The van der Waals surface area contributed by atoms with Crippen molar-refractivity contribution in [2.24, 2.45) is 0 Å². The quantitative estimate of drug-likeness (QED) is 0.559. The fraction of sp³-hybridized carbons (Fsp3) is 1.00. The largest absolute Gasteiger partial charge is 0.379 e. The van der Waals surface area contributed by atoms with Gasteiger partial charge in [0, 0.05) is 13.2 Å². The molecule has 0 aliphatic carbocycles. The Morgan fingerprint density at radius 3 is 2.29 bits per heavy atom. The lowest BCUT2D eigenvalue weighted by Crippen LogP contribution is -2.39. The lowest BCUT2D eigenvalue weighted by Gasteiger charge is -2.27. The van der Waals surface area contributed by atoms with Crippen LogP contribution in [0.15, 0.2) is 0 Å². The van der Waals surface area contributed by atoms with Crippen LogP contribution in [-0.2, 0) is 9.47 Å². The van der Waals surface area contributed by atoms with E-state index >= 15 is 0 Å². The van der Waals surface area contributed by atoms with E-state index in [-0.39, 0.29) is 18.2 Å². The van der Waals surface area contributed by atoms with Crippen molar-refractivity contribution in [2.45, 2.75) is 64.0 Å². The van der Waals surface area contributed by atoms with Crippen LogP contribution in [0.4, 0.5) is 17.6 Å². The Labute approximate surface area is 124 Å². The third-order valence-corrected chi connectivity index (χ3v) is 3.26. The first-order valence-electron chi connectivity index (χ1n) is 7.17. The number of nitrogens with one attached hydrogen (secondary N) is 1. The Bertz CT molecular complexity index is 276. The zero-order chi connectivity index (χ0) is 16.5. The van der Waals surface area contributed by atoms with Crippen molar-refractivity contribution in [3.63, 3.8) is 0 Å². The molecule has 0 bridgehead atoms. The van der Waals surface area contributed by atoms with Crippen LogP contribution in [-0.4, -0.2) is 50.9 Å². The van der Waals surface area contributed by atoms with Gasteiger partial charge in [-0.25, -0.2) is 8.78 Å². The lowest BCUT2D eigenvalue weighted by molar-refractivity contribution is -0.167. The highest BCUT2D eigenvalue weighted by Crippen LogP contribution is 2.23. The van der Waals surface area contributed by atoms with E-state index in [0.29, 0.717) is 19.4 Å². The van der Waals surface area contributed by atoms with Crippen molar-refractivity contribution in [1.29, 1.82) is 0 Å². The Balaban J connectivity index is 4.24. The third-order valence-electron chi connectivity index (χ3n) is 3.26. The molecule has 0 spiro atoms. The van der Waals surface area contributed by atoms with Crippen LogP contribution >= 0.6 is 0 Å². The maximum atomic E-state index is 12.8. The number of hydrogen-bond donors (Lipinski definition) is 1. The summed E-state index contributed by atoms with van der Waals surface area (Å²) in [5.74, 6) is -4.10. The minimum atomic E-state index is -4.10. The van der Waals surface area contributed by atoms with Crippen molar-refractivity contribution in [1.82, 2.24) is 5.32 Å². The molecule has 1 atom stereocenters. The molecule has 0 aromatic rings. The highest BCUT2D eigenvalue weighted by Gasteiger charge is 2.41. The van der Waals surface area contributed by atoms with Gasteiger partial charge in [0.2, 0.25) is 0 Å². The Kier molecular flexibility index (Phi) is 9.40. The van der Waals surface area contributed by atoms with Crippen LogP contribution < -0.4 is 5.32 Å². The number of methoxy groups -OCH3 is 1. The molecule has 3 nitrogen and oxygen atoms in total. The van der Waals surface area contributed by atoms with E-state index in [9.17, 15) is 17.6 Å². The number of alkyl halides is 4. The van der Waals surface area contributed by atoms with Gasteiger partial charge in [-0.15, -0.1) is 0 Å². The molecular formula is C14H27F4NO2.